The van der Waals surface area contributed by atoms with Gasteiger partial charge in [-0.15, -0.1) is 0 Å². The number of allylic oxidation sites excluding steroid dienone is 1. The van der Waals surface area contributed by atoms with Crippen molar-refractivity contribution >= 4 is 0 Å². The average molecular weight is 264 g/mol. The summed E-state index contributed by atoms with van der Waals surface area (Å²) in [5.41, 5.74) is 7.91. The van der Waals surface area contributed by atoms with Crippen molar-refractivity contribution < 1.29 is 0 Å². The number of benzene rings is 2. The zero-order chi connectivity index (χ0) is 14.5. The van der Waals surface area contributed by atoms with Gasteiger partial charge in [0.05, 0.1) is 0 Å². The van der Waals surface area contributed by atoms with E-state index in [1.165, 1.54) is 39.8 Å². The van der Waals surface area contributed by atoms with Gasteiger partial charge in [-0.05, 0) is 48.9 Å². The Morgan fingerprint density at radius 3 is 2.25 bits per heavy atom. The highest BCUT2D eigenvalue weighted by Gasteiger charge is 2.02. The summed E-state index contributed by atoms with van der Waals surface area (Å²) in [4.78, 5) is 0. The van der Waals surface area contributed by atoms with Crippen LogP contribution in [-0.4, -0.2) is 0 Å². The minimum atomic E-state index is 0.961. The first-order valence-electron chi connectivity index (χ1n) is 7.42. The van der Waals surface area contributed by atoms with Crippen molar-refractivity contribution in [1.82, 2.24) is 0 Å². The highest BCUT2D eigenvalue weighted by Crippen LogP contribution is 2.24. The summed E-state index contributed by atoms with van der Waals surface area (Å²) in [6.45, 7) is 10.5. The standard InChI is InChI=1S/C20H24/c1-5-6-17-7-9-19(10-8-17)20-13-16(4)12-18(14-20)11-15(2)3/h7-10,12-14H,2,5-6,11H2,1,3-4H3. The molecule has 0 bridgehead atoms. The molecule has 0 nitrogen and oxygen atoms in total. The molecule has 0 saturated heterocycles. The molecule has 20 heavy (non-hydrogen) atoms. The van der Waals surface area contributed by atoms with E-state index in [2.05, 4.69) is 69.8 Å². The highest BCUT2D eigenvalue weighted by atomic mass is 14.1. The lowest BCUT2D eigenvalue weighted by Crippen LogP contribution is -1.90. The van der Waals surface area contributed by atoms with Crippen molar-refractivity contribution in [2.75, 3.05) is 0 Å². The molecule has 0 amide bonds. The van der Waals surface area contributed by atoms with Crippen LogP contribution in [0.5, 0.6) is 0 Å². The molecule has 0 unspecified atom stereocenters. The van der Waals surface area contributed by atoms with Crippen molar-refractivity contribution in [3.05, 3.63) is 71.3 Å². The Morgan fingerprint density at radius 1 is 0.950 bits per heavy atom. The molecule has 2 aromatic rings. The SMILES string of the molecule is C=C(C)Cc1cc(C)cc(-c2ccc(CCC)cc2)c1. The molecular weight excluding hydrogens is 240 g/mol. The number of hydrogen-bond donors (Lipinski definition) is 0. The molecule has 0 fully saturated rings. The Hall–Kier alpha value is -1.82. The molecule has 2 rings (SSSR count). The van der Waals surface area contributed by atoms with E-state index < -0.39 is 0 Å². The first-order valence-corrected chi connectivity index (χ1v) is 7.42. The lowest BCUT2D eigenvalue weighted by atomic mass is 9.96. The van der Waals surface area contributed by atoms with Gasteiger partial charge in [-0.25, -0.2) is 0 Å². The summed E-state index contributed by atoms with van der Waals surface area (Å²) >= 11 is 0. The van der Waals surface area contributed by atoms with Crippen molar-refractivity contribution in [1.29, 1.82) is 0 Å². The summed E-state index contributed by atoms with van der Waals surface area (Å²) < 4.78 is 0. The quantitative estimate of drug-likeness (QED) is 0.605. The second kappa shape index (κ2) is 6.56. The number of rotatable bonds is 5. The zero-order valence-corrected chi connectivity index (χ0v) is 12.9. The first-order chi connectivity index (χ1) is 9.58. The average Bonchev–Trinajstić information content (AvgIpc) is 2.38. The lowest BCUT2D eigenvalue weighted by molar-refractivity contribution is 0.922. The molecule has 0 atom stereocenters. The molecule has 2 aromatic carbocycles. The Bertz CT molecular complexity index is 588. The Kier molecular flexibility index (Phi) is 4.79. The van der Waals surface area contributed by atoms with Crippen molar-refractivity contribution in [2.24, 2.45) is 0 Å². The number of hydrogen-bond acceptors (Lipinski definition) is 0. The molecule has 0 aliphatic carbocycles. The molecule has 0 heterocycles. The van der Waals surface area contributed by atoms with Crippen LogP contribution in [0.15, 0.2) is 54.6 Å². The van der Waals surface area contributed by atoms with Crippen molar-refractivity contribution in [3.8, 4) is 11.1 Å². The third kappa shape index (κ3) is 3.84. The highest BCUT2D eigenvalue weighted by molar-refractivity contribution is 5.65. The molecule has 0 N–H and O–H groups in total. The minimum absolute atomic E-state index is 0.961. The minimum Gasteiger partial charge on any atom is -0.0998 e. The molecule has 0 radical (unpaired) electrons. The van der Waals surface area contributed by atoms with Gasteiger partial charge in [-0.1, -0.05) is 73.5 Å². The van der Waals surface area contributed by atoms with Crippen molar-refractivity contribution in [2.45, 2.75) is 40.0 Å². The third-order valence-electron chi connectivity index (χ3n) is 3.47. The fourth-order valence-corrected chi connectivity index (χ4v) is 2.63. The molecule has 0 spiro atoms. The van der Waals surface area contributed by atoms with Gasteiger partial charge in [-0.2, -0.15) is 0 Å². The van der Waals surface area contributed by atoms with Gasteiger partial charge in [0.2, 0.25) is 0 Å². The molecule has 0 aliphatic heterocycles. The smallest absolute Gasteiger partial charge is 0.00723 e. The molecule has 0 aliphatic rings. The fourth-order valence-electron chi connectivity index (χ4n) is 2.63. The van der Waals surface area contributed by atoms with Crippen LogP contribution in [0.4, 0.5) is 0 Å². The van der Waals surface area contributed by atoms with Gasteiger partial charge in [0, 0.05) is 0 Å². The molecular formula is C20H24. The fraction of sp³-hybridized carbons (Fsp3) is 0.300. The van der Waals surface area contributed by atoms with E-state index in [-0.39, 0.29) is 0 Å². The molecule has 0 heteroatoms. The predicted molar refractivity (Wildman–Crippen MR) is 89.1 cm³/mol. The maximum absolute atomic E-state index is 4.01. The van der Waals surface area contributed by atoms with Gasteiger partial charge < -0.3 is 0 Å². The van der Waals surface area contributed by atoms with E-state index in [9.17, 15) is 0 Å². The maximum Gasteiger partial charge on any atom is -0.00723 e. The van der Waals surface area contributed by atoms with E-state index in [4.69, 9.17) is 0 Å². The molecule has 104 valence electrons. The summed E-state index contributed by atoms with van der Waals surface area (Å²) in [5.74, 6) is 0. The summed E-state index contributed by atoms with van der Waals surface area (Å²) in [5, 5.41) is 0. The van der Waals surface area contributed by atoms with Crippen LogP contribution in [-0.2, 0) is 12.8 Å². The van der Waals surface area contributed by atoms with Crippen LogP contribution >= 0.6 is 0 Å². The largest absolute Gasteiger partial charge is 0.0998 e. The third-order valence-corrected chi connectivity index (χ3v) is 3.47. The monoisotopic (exact) mass is 264 g/mol. The second-order valence-electron chi connectivity index (χ2n) is 5.79. The Morgan fingerprint density at radius 2 is 1.65 bits per heavy atom. The summed E-state index contributed by atoms with van der Waals surface area (Å²) in [7, 11) is 0. The van der Waals surface area contributed by atoms with Crippen LogP contribution < -0.4 is 0 Å². The van der Waals surface area contributed by atoms with E-state index in [1.807, 2.05) is 0 Å². The van der Waals surface area contributed by atoms with Gasteiger partial charge in [0.15, 0.2) is 0 Å². The van der Waals surface area contributed by atoms with Crippen LogP contribution in [0.25, 0.3) is 11.1 Å². The van der Waals surface area contributed by atoms with Crippen molar-refractivity contribution in [3.63, 3.8) is 0 Å². The summed E-state index contributed by atoms with van der Waals surface area (Å²) in [6, 6.07) is 15.8. The number of aryl methyl sites for hydroxylation is 2. The van der Waals surface area contributed by atoms with Gasteiger partial charge in [0.25, 0.3) is 0 Å². The van der Waals surface area contributed by atoms with E-state index >= 15 is 0 Å². The predicted octanol–water partition coefficient (Wildman–Crippen LogP) is 5.73. The van der Waals surface area contributed by atoms with Crippen LogP contribution in [0, 0.1) is 6.92 Å². The summed E-state index contributed by atoms with van der Waals surface area (Å²) in [6.07, 6.45) is 3.32. The Labute approximate surface area is 123 Å². The zero-order valence-electron chi connectivity index (χ0n) is 12.9. The lowest BCUT2D eigenvalue weighted by Gasteiger charge is -2.09. The van der Waals surface area contributed by atoms with Gasteiger partial charge in [-0.3, -0.25) is 0 Å². The van der Waals surface area contributed by atoms with Gasteiger partial charge >= 0.3 is 0 Å². The van der Waals surface area contributed by atoms with Crippen LogP contribution in [0.2, 0.25) is 0 Å². The van der Waals surface area contributed by atoms with Crippen LogP contribution in [0.1, 0.15) is 37.0 Å². The molecule has 0 saturated carbocycles. The first kappa shape index (κ1) is 14.6. The van der Waals surface area contributed by atoms with E-state index in [1.54, 1.807) is 0 Å². The topological polar surface area (TPSA) is 0 Å². The van der Waals surface area contributed by atoms with E-state index in [0.717, 1.165) is 12.8 Å². The second-order valence-corrected chi connectivity index (χ2v) is 5.79. The molecule has 0 aromatic heterocycles. The maximum atomic E-state index is 4.01. The Balaban J connectivity index is 2.31. The van der Waals surface area contributed by atoms with Crippen LogP contribution in [0.3, 0.4) is 0 Å². The van der Waals surface area contributed by atoms with Gasteiger partial charge in [0.1, 0.15) is 0 Å². The van der Waals surface area contributed by atoms with E-state index in [0.29, 0.717) is 0 Å². The normalized spacial score (nSPS) is 10.6.